The van der Waals surface area contributed by atoms with E-state index >= 15 is 0 Å². The van der Waals surface area contributed by atoms with E-state index in [0.29, 0.717) is 52.2 Å². The fraction of sp³-hybridized carbons (Fsp3) is 0.481. The van der Waals surface area contributed by atoms with E-state index in [4.69, 9.17) is 4.74 Å². The maximum Gasteiger partial charge on any atom is 0.231 e. The zero-order valence-corrected chi connectivity index (χ0v) is 19.5. The highest BCUT2D eigenvalue weighted by atomic mass is 16.5. The fourth-order valence-corrected chi connectivity index (χ4v) is 4.85. The minimum absolute atomic E-state index is 0.119. The molecule has 2 aromatic rings. The summed E-state index contributed by atoms with van der Waals surface area (Å²) in [6, 6.07) is 18.8. The lowest BCUT2D eigenvalue weighted by Gasteiger charge is -2.37. The Balaban J connectivity index is 1.58. The lowest BCUT2D eigenvalue weighted by atomic mass is 9.79. The smallest absolute Gasteiger partial charge is 0.231 e. The van der Waals surface area contributed by atoms with Gasteiger partial charge in [0.1, 0.15) is 0 Å². The van der Waals surface area contributed by atoms with E-state index in [0.717, 1.165) is 5.56 Å². The Bertz CT molecular complexity index is 943. The SMILES string of the molecule is CC(C)(C)C(=O)N1CCC(Cc2ccc(-c3ccccc3)cc2)(C(=O)N2CCOCC2)C1. The quantitative estimate of drug-likeness (QED) is 0.730. The second-order valence-corrected chi connectivity index (χ2v) is 10.2. The minimum Gasteiger partial charge on any atom is -0.378 e. The monoisotopic (exact) mass is 434 g/mol. The molecule has 32 heavy (non-hydrogen) atoms. The summed E-state index contributed by atoms with van der Waals surface area (Å²) in [6.45, 7) is 9.37. The molecule has 2 amide bonds. The highest BCUT2D eigenvalue weighted by Gasteiger charge is 2.49. The van der Waals surface area contributed by atoms with Crippen molar-refractivity contribution in [1.82, 2.24) is 9.80 Å². The summed E-state index contributed by atoms with van der Waals surface area (Å²) in [5, 5.41) is 0. The fourth-order valence-electron chi connectivity index (χ4n) is 4.85. The Kier molecular flexibility index (Phi) is 6.38. The molecule has 2 aliphatic rings. The topological polar surface area (TPSA) is 49.9 Å². The Morgan fingerprint density at radius 1 is 0.875 bits per heavy atom. The Morgan fingerprint density at radius 3 is 2.12 bits per heavy atom. The number of hydrogen-bond donors (Lipinski definition) is 0. The molecular formula is C27H34N2O3. The van der Waals surface area contributed by atoms with E-state index in [2.05, 4.69) is 36.4 Å². The van der Waals surface area contributed by atoms with Crippen LogP contribution in [-0.4, -0.2) is 61.0 Å². The maximum absolute atomic E-state index is 13.8. The summed E-state index contributed by atoms with van der Waals surface area (Å²) >= 11 is 0. The Labute approximate surface area is 191 Å². The van der Waals surface area contributed by atoms with Gasteiger partial charge < -0.3 is 14.5 Å². The average Bonchev–Trinajstić information content (AvgIpc) is 3.24. The molecule has 0 radical (unpaired) electrons. The minimum atomic E-state index is -0.577. The predicted octanol–water partition coefficient (Wildman–Crippen LogP) is 4.02. The zero-order valence-electron chi connectivity index (χ0n) is 19.5. The van der Waals surface area contributed by atoms with E-state index in [1.165, 1.54) is 11.1 Å². The van der Waals surface area contributed by atoms with Crippen molar-refractivity contribution in [3.63, 3.8) is 0 Å². The molecule has 2 fully saturated rings. The number of likely N-dealkylation sites (tertiary alicyclic amines) is 1. The van der Waals surface area contributed by atoms with Crippen molar-refractivity contribution < 1.29 is 14.3 Å². The van der Waals surface area contributed by atoms with Crippen LogP contribution in [0.25, 0.3) is 11.1 Å². The summed E-state index contributed by atoms with van der Waals surface area (Å²) in [6.07, 6.45) is 1.34. The number of ether oxygens (including phenoxy) is 1. The Morgan fingerprint density at radius 2 is 1.50 bits per heavy atom. The molecule has 0 bridgehead atoms. The van der Waals surface area contributed by atoms with Crippen LogP contribution in [0.3, 0.4) is 0 Å². The number of rotatable bonds is 4. The standard InChI is InChI=1S/C27H34N2O3/c1-26(2,3)24(30)29-14-13-27(20-29,25(31)28-15-17-32-18-16-28)19-21-9-11-23(12-10-21)22-7-5-4-6-8-22/h4-12H,13-20H2,1-3H3. The van der Waals surface area contributed by atoms with Crippen molar-refractivity contribution in [3.05, 3.63) is 60.2 Å². The summed E-state index contributed by atoms with van der Waals surface area (Å²) in [5.74, 6) is 0.283. The molecule has 2 heterocycles. The molecular weight excluding hydrogens is 400 g/mol. The zero-order chi connectivity index (χ0) is 22.8. The normalized spacial score (nSPS) is 21.6. The van der Waals surface area contributed by atoms with Crippen molar-refractivity contribution in [2.45, 2.75) is 33.6 Å². The highest BCUT2D eigenvalue weighted by molar-refractivity contribution is 5.87. The van der Waals surface area contributed by atoms with Gasteiger partial charge in [-0.1, -0.05) is 75.4 Å². The van der Waals surface area contributed by atoms with Crippen molar-refractivity contribution in [2.75, 3.05) is 39.4 Å². The van der Waals surface area contributed by atoms with Crippen LogP contribution in [0.1, 0.15) is 32.8 Å². The largest absolute Gasteiger partial charge is 0.378 e. The van der Waals surface area contributed by atoms with Crippen LogP contribution in [0.4, 0.5) is 0 Å². The van der Waals surface area contributed by atoms with E-state index < -0.39 is 10.8 Å². The van der Waals surface area contributed by atoms with Gasteiger partial charge in [-0.25, -0.2) is 0 Å². The molecule has 5 heteroatoms. The van der Waals surface area contributed by atoms with Crippen LogP contribution in [0.5, 0.6) is 0 Å². The second kappa shape index (κ2) is 9.07. The van der Waals surface area contributed by atoms with E-state index in [-0.39, 0.29) is 11.8 Å². The van der Waals surface area contributed by atoms with Gasteiger partial charge >= 0.3 is 0 Å². The molecule has 2 saturated heterocycles. The van der Waals surface area contributed by atoms with Gasteiger partial charge in [0.05, 0.1) is 18.6 Å². The van der Waals surface area contributed by atoms with Gasteiger partial charge in [-0.05, 0) is 29.5 Å². The molecule has 170 valence electrons. The molecule has 0 spiro atoms. The molecule has 2 aromatic carbocycles. The van der Waals surface area contributed by atoms with E-state index in [9.17, 15) is 9.59 Å². The van der Waals surface area contributed by atoms with Gasteiger partial charge in [0.25, 0.3) is 0 Å². The van der Waals surface area contributed by atoms with E-state index in [1.54, 1.807) is 0 Å². The first-order valence-electron chi connectivity index (χ1n) is 11.6. The molecule has 2 aliphatic heterocycles. The van der Waals surface area contributed by atoms with Crippen molar-refractivity contribution >= 4 is 11.8 Å². The number of carbonyl (C=O) groups is 2. The second-order valence-electron chi connectivity index (χ2n) is 10.2. The van der Waals surface area contributed by atoms with E-state index in [1.807, 2.05) is 48.8 Å². The lowest BCUT2D eigenvalue weighted by Crippen LogP contribution is -2.51. The van der Waals surface area contributed by atoms with Gasteiger partial charge in [-0.2, -0.15) is 0 Å². The third kappa shape index (κ3) is 4.73. The summed E-state index contributed by atoms with van der Waals surface area (Å²) in [7, 11) is 0. The predicted molar refractivity (Wildman–Crippen MR) is 126 cm³/mol. The van der Waals surface area contributed by atoms with Crippen LogP contribution >= 0.6 is 0 Å². The van der Waals surface area contributed by atoms with Gasteiger partial charge in [0, 0.05) is 31.6 Å². The van der Waals surface area contributed by atoms with Crippen LogP contribution in [0.2, 0.25) is 0 Å². The van der Waals surface area contributed by atoms with Crippen molar-refractivity contribution in [2.24, 2.45) is 10.8 Å². The van der Waals surface area contributed by atoms with Crippen LogP contribution in [-0.2, 0) is 20.7 Å². The first-order chi connectivity index (χ1) is 15.3. The summed E-state index contributed by atoms with van der Waals surface area (Å²) in [4.78, 5) is 30.6. The number of carbonyl (C=O) groups excluding carboxylic acids is 2. The summed E-state index contributed by atoms with van der Waals surface area (Å²) < 4.78 is 5.46. The number of morpholine rings is 1. The molecule has 5 nitrogen and oxygen atoms in total. The first-order valence-corrected chi connectivity index (χ1v) is 11.6. The number of benzene rings is 2. The average molecular weight is 435 g/mol. The summed E-state index contributed by atoms with van der Waals surface area (Å²) in [5.41, 5.74) is 2.46. The molecule has 0 aromatic heterocycles. The molecule has 0 aliphatic carbocycles. The van der Waals surface area contributed by atoms with Crippen LogP contribution in [0.15, 0.2) is 54.6 Å². The number of amides is 2. The van der Waals surface area contributed by atoms with Gasteiger partial charge in [0.2, 0.25) is 11.8 Å². The highest BCUT2D eigenvalue weighted by Crippen LogP contribution is 2.38. The lowest BCUT2D eigenvalue weighted by molar-refractivity contribution is -0.147. The third-order valence-electron chi connectivity index (χ3n) is 6.64. The molecule has 0 N–H and O–H groups in total. The van der Waals surface area contributed by atoms with Crippen molar-refractivity contribution in [1.29, 1.82) is 0 Å². The van der Waals surface area contributed by atoms with Gasteiger partial charge in [0.15, 0.2) is 0 Å². The molecule has 0 saturated carbocycles. The maximum atomic E-state index is 13.8. The first kappa shape index (κ1) is 22.5. The van der Waals surface area contributed by atoms with Crippen LogP contribution in [0, 0.1) is 10.8 Å². The van der Waals surface area contributed by atoms with Gasteiger partial charge in [-0.15, -0.1) is 0 Å². The number of nitrogens with zero attached hydrogens (tertiary/aromatic N) is 2. The molecule has 1 atom stereocenters. The van der Waals surface area contributed by atoms with Gasteiger partial charge in [-0.3, -0.25) is 9.59 Å². The molecule has 1 unspecified atom stereocenters. The van der Waals surface area contributed by atoms with Crippen LogP contribution < -0.4 is 0 Å². The van der Waals surface area contributed by atoms with Crippen molar-refractivity contribution in [3.8, 4) is 11.1 Å². The number of hydrogen-bond acceptors (Lipinski definition) is 3. The Hall–Kier alpha value is -2.66. The third-order valence-corrected chi connectivity index (χ3v) is 6.64. The molecule has 4 rings (SSSR count).